The van der Waals surface area contributed by atoms with Gasteiger partial charge in [0.05, 0.1) is 19.3 Å². The summed E-state index contributed by atoms with van der Waals surface area (Å²) in [4.78, 5) is 1.30. The number of piperidine rings is 1. The lowest BCUT2D eigenvalue weighted by molar-refractivity contribution is -0.938. The fraction of sp³-hybridized carbons (Fsp3) is 0.611. The van der Waals surface area contributed by atoms with E-state index in [9.17, 15) is 10.4 Å². The molecule has 1 saturated carbocycles. The predicted molar refractivity (Wildman–Crippen MR) is 83.6 cm³/mol. The van der Waals surface area contributed by atoms with Gasteiger partial charge in [-0.1, -0.05) is 12.8 Å². The highest BCUT2D eigenvalue weighted by atomic mass is 16.5. The van der Waals surface area contributed by atoms with Gasteiger partial charge in [0, 0.05) is 17.9 Å². The molecule has 2 N–H and O–H groups in total. The molecular weight excluding hydrogens is 276 g/mol. The fourth-order valence-electron chi connectivity index (χ4n) is 4.43. The standard InChI is InChI=1S/C18H24N2O2/c1-22-15-7-5-14(6-8-15)17-16-4-2-3-9-18(16,21)10-12-20(17)13-11-19/h5-8,16-17,21H,2-4,9-10,12-13H2,1H3/p+1/t16-,17-,18+/m1/s1. The van der Waals surface area contributed by atoms with Gasteiger partial charge in [-0.2, -0.15) is 5.26 Å². The molecular formula is C18H25N2O2+. The SMILES string of the molecule is COc1ccc([C@@H]2[C@H]3CCCC[C@]3(O)CC[NH+]2CC#N)cc1. The molecule has 1 aromatic rings. The molecule has 1 saturated heterocycles. The fourth-order valence-corrected chi connectivity index (χ4v) is 4.43. The van der Waals surface area contributed by atoms with Crippen LogP contribution >= 0.6 is 0 Å². The molecule has 0 spiro atoms. The molecule has 22 heavy (non-hydrogen) atoms. The third-order valence-corrected chi connectivity index (χ3v) is 5.57. The summed E-state index contributed by atoms with van der Waals surface area (Å²) in [6, 6.07) is 10.7. The number of nitriles is 1. The van der Waals surface area contributed by atoms with Crippen LogP contribution in [0.2, 0.25) is 0 Å². The van der Waals surface area contributed by atoms with E-state index < -0.39 is 5.60 Å². The van der Waals surface area contributed by atoms with Crippen LogP contribution < -0.4 is 9.64 Å². The van der Waals surface area contributed by atoms with Gasteiger partial charge in [0.15, 0.2) is 6.54 Å². The van der Waals surface area contributed by atoms with Crippen LogP contribution in [0.25, 0.3) is 0 Å². The topological polar surface area (TPSA) is 57.7 Å². The summed E-state index contributed by atoms with van der Waals surface area (Å²) in [5, 5.41) is 20.3. The summed E-state index contributed by atoms with van der Waals surface area (Å²) >= 11 is 0. The number of rotatable bonds is 3. The molecule has 0 aromatic heterocycles. The molecule has 1 unspecified atom stereocenters. The molecule has 3 rings (SSSR count). The lowest BCUT2D eigenvalue weighted by atomic mass is 9.66. The Balaban J connectivity index is 1.94. The molecule has 2 aliphatic rings. The number of likely N-dealkylation sites (tertiary alicyclic amines) is 1. The number of nitrogens with one attached hydrogen (secondary N) is 1. The van der Waals surface area contributed by atoms with Crippen molar-refractivity contribution < 1.29 is 14.7 Å². The van der Waals surface area contributed by atoms with Crippen LogP contribution in [-0.2, 0) is 0 Å². The summed E-state index contributed by atoms with van der Waals surface area (Å²) in [6.07, 6.45) is 5.09. The van der Waals surface area contributed by atoms with Gasteiger partial charge in [0.1, 0.15) is 17.9 Å². The number of aliphatic hydroxyl groups is 1. The van der Waals surface area contributed by atoms with E-state index in [-0.39, 0.29) is 12.0 Å². The van der Waals surface area contributed by atoms with Gasteiger partial charge in [0.25, 0.3) is 0 Å². The van der Waals surface area contributed by atoms with Crippen molar-refractivity contribution in [2.75, 3.05) is 20.2 Å². The maximum atomic E-state index is 11.1. The number of nitrogens with zero attached hydrogens (tertiary/aromatic N) is 1. The largest absolute Gasteiger partial charge is 0.497 e. The van der Waals surface area contributed by atoms with Gasteiger partial charge in [-0.15, -0.1) is 0 Å². The number of benzene rings is 1. The zero-order valence-electron chi connectivity index (χ0n) is 13.2. The van der Waals surface area contributed by atoms with Crippen LogP contribution in [0.15, 0.2) is 24.3 Å². The Kier molecular flexibility index (Phi) is 4.37. The Morgan fingerprint density at radius 3 is 2.77 bits per heavy atom. The predicted octanol–water partition coefficient (Wildman–Crippen LogP) is 1.47. The Morgan fingerprint density at radius 2 is 2.09 bits per heavy atom. The number of hydrogen-bond acceptors (Lipinski definition) is 3. The first-order chi connectivity index (χ1) is 10.7. The van der Waals surface area contributed by atoms with Gasteiger partial charge in [0.2, 0.25) is 0 Å². The van der Waals surface area contributed by atoms with E-state index >= 15 is 0 Å². The Bertz CT molecular complexity index is 551. The van der Waals surface area contributed by atoms with E-state index in [4.69, 9.17) is 4.74 Å². The molecule has 118 valence electrons. The average molecular weight is 301 g/mol. The lowest BCUT2D eigenvalue weighted by Crippen LogP contribution is -3.15. The van der Waals surface area contributed by atoms with Crippen LogP contribution in [0, 0.1) is 17.2 Å². The summed E-state index contributed by atoms with van der Waals surface area (Å²) in [7, 11) is 1.67. The van der Waals surface area contributed by atoms with Crippen LogP contribution in [-0.4, -0.2) is 30.9 Å². The van der Waals surface area contributed by atoms with E-state index in [0.29, 0.717) is 6.54 Å². The number of methoxy groups -OCH3 is 1. The molecule has 4 nitrogen and oxygen atoms in total. The molecule has 0 bridgehead atoms. The maximum absolute atomic E-state index is 11.1. The van der Waals surface area contributed by atoms with Crippen molar-refractivity contribution in [2.45, 2.75) is 43.7 Å². The minimum absolute atomic E-state index is 0.213. The van der Waals surface area contributed by atoms with Crippen molar-refractivity contribution in [3.05, 3.63) is 29.8 Å². The normalized spacial score (nSPS) is 34.5. The van der Waals surface area contributed by atoms with Crippen LogP contribution in [0.1, 0.15) is 43.7 Å². The van der Waals surface area contributed by atoms with E-state index in [1.54, 1.807) is 7.11 Å². The monoisotopic (exact) mass is 301 g/mol. The number of hydrogen-bond donors (Lipinski definition) is 2. The maximum Gasteiger partial charge on any atom is 0.165 e. The first-order valence-electron chi connectivity index (χ1n) is 8.26. The molecule has 1 aliphatic carbocycles. The summed E-state index contributed by atoms with van der Waals surface area (Å²) < 4.78 is 5.25. The second kappa shape index (κ2) is 6.28. The minimum Gasteiger partial charge on any atom is -0.497 e. The van der Waals surface area contributed by atoms with Crippen molar-refractivity contribution in [1.29, 1.82) is 5.26 Å². The van der Waals surface area contributed by atoms with Crippen molar-refractivity contribution in [2.24, 2.45) is 5.92 Å². The highest BCUT2D eigenvalue weighted by molar-refractivity contribution is 5.29. The third kappa shape index (κ3) is 2.71. The summed E-state index contributed by atoms with van der Waals surface area (Å²) in [5.41, 5.74) is 0.679. The summed E-state index contributed by atoms with van der Waals surface area (Å²) in [5.74, 6) is 1.10. The quantitative estimate of drug-likeness (QED) is 0.831. The van der Waals surface area contributed by atoms with E-state index in [2.05, 4.69) is 18.2 Å². The minimum atomic E-state index is -0.540. The van der Waals surface area contributed by atoms with Crippen molar-refractivity contribution >= 4 is 0 Å². The summed E-state index contributed by atoms with van der Waals surface area (Å²) in [6.45, 7) is 1.38. The van der Waals surface area contributed by atoms with Crippen LogP contribution in [0.3, 0.4) is 0 Å². The zero-order chi connectivity index (χ0) is 15.6. The molecule has 1 aromatic carbocycles. The Morgan fingerprint density at radius 1 is 1.32 bits per heavy atom. The first kappa shape index (κ1) is 15.3. The molecule has 2 fully saturated rings. The van der Waals surface area contributed by atoms with Crippen molar-refractivity contribution in [3.63, 3.8) is 0 Å². The second-order valence-electron chi connectivity index (χ2n) is 6.70. The molecule has 4 atom stereocenters. The number of quaternary nitrogens is 1. The van der Waals surface area contributed by atoms with Crippen LogP contribution in [0.5, 0.6) is 5.75 Å². The number of ether oxygens (including phenoxy) is 1. The van der Waals surface area contributed by atoms with Crippen molar-refractivity contribution in [1.82, 2.24) is 0 Å². The Labute approximate surface area is 132 Å². The molecule has 0 radical (unpaired) electrons. The van der Waals surface area contributed by atoms with Gasteiger partial charge >= 0.3 is 0 Å². The third-order valence-electron chi connectivity index (χ3n) is 5.57. The van der Waals surface area contributed by atoms with Gasteiger partial charge in [-0.25, -0.2) is 0 Å². The van der Waals surface area contributed by atoms with Crippen molar-refractivity contribution in [3.8, 4) is 11.8 Å². The zero-order valence-corrected chi connectivity index (χ0v) is 13.2. The first-order valence-corrected chi connectivity index (χ1v) is 8.26. The lowest BCUT2D eigenvalue weighted by Gasteiger charge is -2.49. The van der Waals surface area contributed by atoms with Gasteiger partial charge < -0.3 is 14.7 Å². The molecule has 4 heteroatoms. The van der Waals surface area contributed by atoms with E-state index in [1.165, 1.54) is 16.9 Å². The number of fused-ring (bicyclic) bond motifs is 1. The molecule has 1 aliphatic heterocycles. The smallest absolute Gasteiger partial charge is 0.165 e. The highest BCUT2D eigenvalue weighted by Gasteiger charge is 2.51. The molecule has 1 heterocycles. The molecule has 0 amide bonds. The van der Waals surface area contributed by atoms with Crippen LogP contribution in [0.4, 0.5) is 0 Å². The van der Waals surface area contributed by atoms with E-state index in [1.807, 2.05) is 12.1 Å². The highest BCUT2D eigenvalue weighted by Crippen LogP contribution is 2.44. The Hall–Kier alpha value is -1.57. The van der Waals surface area contributed by atoms with E-state index in [0.717, 1.165) is 38.0 Å². The average Bonchev–Trinajstić information content (AvgIpc) is 2.55. The van der Waals surface area contributed by atoms with Gasteiger partial charge in [-0.05, 0) is 37.1 Å². The second-order valence-corrected chi connectivity index (χ2v) is 6.70. The van der Waals surface area contributed by atoms with Gasteiger partial charge in [-0.3, -0.25) is 0 Å².